The Hall–Kier alpha value is -2.02. The zero-order valence-electron chi connectivity index (χ0n) is 10.1. The van der Waals surface area contributed by atoms with Crippen LogP contribution in [-0.4, -0.2) is 11.4 Å². The minimum Gasteiger partial charge on any atom is -0.369 e. The van der Waals surface area contributed by atoms with E-state index in [1.807, 2.05) is 12.1 Å². The van der Waals surface area contributed by atoms with Crippen LogP contribution in [0.15, 0.2) is 18.2 Å². The molecule has 1 spiro atoms. The molecule has 1 heterocycles. The molecule has 2 N–H and O–H groups in total. The van der Waals surface area contributed by atoms with E-state index in [1.54, 1.807) is 6.07 Å². The maximum Gasteiger partial charge on any atom is 0.250 e. The third kappa shape index (κ3) is 1.55. The van der Waals surface area contributed by atoms with Crippen LogP contribution >= 0.6 is 0 Å². The van der Waals surface area contributed by atoms with Gasteiger partial charge in [0.05, 0.1) is 16.9 Å². The summed E-state index contributed by atoms with van der Waals surface area (Å²) in [7, 11) is 0. The minimum atomic E-state index is -0.459. The number of nitrogens with one attached hydrogen (secondary N) is 2. The Morgan fingerprint density at radius 3 is 2.72 bits per heavy atom. The number of para-hydroxylation sites is 1. The van der Waals surface area contributed by atoms with Gasteiger partial charge in [-0.2, -0.15) is 5.26 Å². The van der Waals surface area contributed by atoms with Crippen molar-refractivity contribution in [2.45, 2.75) is 37.6 Å². The van der Waals surface area contributed by atoms with E-state index in [0.29, 0.717) is 11.3 Å². The number of hydrogen-bond donors (Lipinski definition) is 2. The van der Waals surface area contributed by atoms with Crippen LogP contribution in [0.5, 0.6) is 0 Å². The number of anilines is 2. The predicted molar refractivity (Wildman–Crippen MR) is 69.2 cm³/mol. The lowest BCUT2D eigenvalue weighted by Crippen LogP contribution is -2.53. The Morgan fingerprint density at radius 2 is 2.00 bits per heavy atom. The summed E-state index contributed by atoms with van der Waals surface area (Å²) in [5.74, 6) is 0.0115. The molecule has 2 aliphatic rings. The Kier molecular flexibility index (Phi) is 2.48. The van der Waals surface area contributed by atoms with Gasteiger partial charge in [-0.15, -0.1) is 0 Å². The minimum absolute atomic E-state index is 0.0115. The first-order valence-electron chi connectivity index (χ1n) is 6.38. The molecule has 18 heavy (non-hydrogen) atoms. The van der Waals surface area contributed by atoms with Gasteiger partial charge in [0, 0.05) is 0 Å². The largest absolute Gasteiger partial charge is 0.369 e. The Morgan fingerprint density at radius 1 is 1.22 bits per heavy atom. The molecule has 4 heteroatoms. The second-order valence-corrected chi connectivity index (χ2v) is 5.06. The Labute approximate surface area is 106 Å². The lowest BCUT2D eigenvalue weighted by molar-refractivity contribution is -0.121. The van der Waals surface area contributed by atoms with Crippen molar-refractivity contribution in [2.24, 2.45) is 0 Å². The monoisotopic (exact) mass is 241 g/mol. The summed E-state index contributed by atoms with van der Waals surface area (Å²) in [5.41, 5.74) is 1.55. The van der Waals surface area contributed by atoms with E-state index in [1.165, 1.54) is 6.42 Å². The second-order valence-electron chi connectivity index (χ2n) is 5.06. The van der Waals surface area contributed by atoms with E-state index in [2.05, 4.69) is 16.7 Å². The molecular weight excluding hydrogens is 226 g/mol. The molecule has 1 saturated carbocycles. The number of hydrogen-bond acceptors (Lipinski definition) is 3. The SMILES string of the molecule is N#Cc1cccc2c1NC(=O)C1(CCCCC1)N2. The molecule has 1 aliphatic heterocycles. The van der Waals surface area contributed by atoms with Gasteiger partial charge in [0.15, 0.2) is 0 Å². The van der Waals surface area contributed by atoms with Gasteiger partial charge in [0.2, 0.25) is 5.91 Å². The average Bonchev–Trinajstić information content (AvgIpc) is 2.41. The number of amides is 1. The molecule has 0 unspecified atom stereocenters. The zero-order valence-corrected chi connectivity index (χ0v) is 10.1. The number of rotatable bonds is 0. The van der Waals surface area contributed by atoms with Gasteiger partial charge in [-0.1, -0.05) is 25.3 Å². The number of fused-ring (bicyclic) bond motifs is 1. The summed E-state index contributed by atoms with van der Waals surface area (Å²) in [6, 6.07) is 7.60. The van der Waals surface area contributed by atoms with Crippen molar-refractivity contribution in [1.29, 1.82) is 5.26 Å². The van der Waals surface area contributed by atoms with Crippen LogP contribution in [0.2, 0.25) is 0 Å². The number of benzene rings is 1. The lowest BCUT2D eigenvalue weighted by atomic mass is 9.79. The van der Waals surface area contributed by atoms with E-state index < -0.39 is 5.54 Å². The third-order valence-electron chi connectivity index (χ3n) is 3.94. The third-order valence-corrected chi connectivity index (χ3v) is 3.94. The van der Waals surface area contributed by atoms with Gasteiger partial charge in [0.1, 0.15) is 11.6 Å². The Bertz CT molecular complexity index is 538. The molecule has 0 aromatic heterocycles. The van der Waals surface area contributed by atoms with Crippen LogP contribution in [0.3, 0.4) is 0 Å². The molecular formula is C14H15N3O. The zero-order chi connectivity index (χ0) is 12.6. The van der Waals surface area contributed by atoms with Gasteiger partial charge in [-0.3, -0.25) is 4.79 Å². The fourth-order valence-corrected chi connectivity index (χ4v) is 2.94. The summed E-state index contributed by atoms with van der Waals surface area (Å²) < 4.78 is 0. The number of carbonyl (C=O) groups excluding carboxylic acids is 1. The topological polar surface area (TPSA) is 64.9 Å². The molecule has 1 aliphatic carbocycles. The van der Waals surface area contributed by atoms with Gasteiger partial charge >= 0.3 is 0 Å². The van der Waals surface area contributed by atoms with Crippen molar-refractivity contribution >= 4 is 17.3 Å². The van der Waals surface area contributed by atoms with E-state index in [9.17, 15) is 4.79 Å². The van der Waals surface area contributed by atoms with Gasteiger partial charge < -0.3 is 10.6 Å². The first-order chi connectivity index (χ1) is 8.75. The number of nitrogens with zero attached hydrogens (tertiary/aromatic N) is 1. The second kappa shape index (κ2) is 4.02. The van der Waals surface area contributed by atoms with Crippen LogP contribution < -0.4 is 10.6 Å². The van der Waals surface area contributed by atoms with Crippen molar-refractivity contribution in [3.05, 3.63) is 23.8 Å². The van der Waals surface area contributed by atoms with E-state index in [0.717, 1.165) is 31.4 Å². The van der Waals surface area contributed by atoms with Crippen LogP contribution in [0.4, 0.5) is 11.4 Å². The van der Waals surface area contributed by atoms with Crippen LogP contribution in [0, 0.1) is 11.3 Å². The lowest BCUT2D eigenvalue weighted by Gasteiger charge is -2.41. The predicted octanol–water partition coefficient (Wildman–Crippen LogP) is 2.63. The quantitative estimate of drug-likeness (QED) is 0.733. The molecule has 1 aromatic carbocycles. The normalized spacial score (nSPS) is 20.5. The van der Waals surface area contributed by atoms with Gasteiger partial charge in [-0.25, -0.2) is 0 Å². The highest BCUT2D eigenvalue weighted by Gasteiger charge is 2.43. The van der Waals surface area contributed by atoms with Crippen LogP contribution in [0.1, 0.15) is 37.7 Å². The molecule has 0 radical (unpaired) electrons. The molecule has 0 atom stereocenters. The first-order valence-corrected chi connectivity index (χ1v) is 6.38. The van der Waals surface area contributed by atoms with Gasteiger partial charge in [-0.05, 0) is 25.0 Å². The van der Waals surface area contributed by atoms with Crippen molar-refractivity contribution in [1.82, 2.24) is 0 Å². The summed E-state index contributed by atoms with van der Waals surface area (Å²) in [6.07, 6.45) is 5.09. The smallest absolute Gasteiger partial charge is 0.250 e. The molecule has 4 nitrogen and oxygen atoms in total. The van der Waals surface area contributed by atoms with E-state index in [4.69, 9.17) is 5.26 Å². The fourth-order valence-electron chi connectivity index (χ4n) is 2.94. The van der Waals surface area contributed by atoms with E-state index >= 15 is 0 Å². The van der Waals surface area contributed by atoms with Gasteiger partial charge in [0.25, 0.3) is 0 Å². The van der Waals surface area contributed by atoms with Crippen molar-refractivity contribution in [3.63, 3.8) is 0 Å². The summed E-state index contributed by atoms with van der Waals surface area (Å²) in [4.78, 5) is 12.3. The average molecular weight is 241 g/mol. The van der Waals surface area contributed by atoms with E-state index in [-0.39, 0.29) is 5.91 Å². The van der Waals surface area contributed by atoms with Crippen molar-refractivity contribution < 1.29 is 4.79 Å². The molecule has 0 saturated heterocycles. The molecule has 1 amide bonds. The summed E-state index contributed by atoms with van der Waals surface area (Å²) in [5, 5.41) is 15.3. The fraction of sp³-hybridized carbons (Fsp3) is 0.429. The summed E-state index contributed by atoms with van der Waals surface area (Å²) in [6.45, 7) is 0. The first kappa shape index (κ1) is 11.1. The standard InChI is InChI=1S/C14H15N3O/c15-9-10-5-4-6-11-12(10)16-13(18)14(17-11)7-2-1-3-8-14/h4-6,17H,1-3,7-8H2,(H,16,18). The summed E-state index contributed by atoms with van der Waals surface area (Å²) >= 11 is 0. The number of nitriles is 1. The Balaban J connectivity index is 2.02. The molecule has 3 rings (SSSR count). The van der Waals surface area contributed by atoms with Crippen LogP contribution in [0.25, 0.3) is 0 Å². The van der Waals surface area contributed by atoms with Crippen molar-refractivity contribution in [2.75, 3.05) is 10.6 Å². The van der Waals surface area contributed by atoms with Crippen molar-refractivity contribution in [3.8, 4) is 6.07 Å². The maximum atomic E-state index is 12.3. The molecule has 1 aromatic rings. The molecule has 0 bridgehead atoms. The highest BCUT2D eigenvalue weighted by Crippen LogP contribution is 2.40. The highest BCUT2D eigenvalue weighted by molar-refractivity contribution is 6.07. The molecule has 1 fully saturated rings. The maximum absolute atomic E-state index is 12.3. The highest BCUT2D eigenvalue weighted by atomic mass is 16.2. The van der Waals surface area contributed by atoms with Crippen LogP contribution in [-0.2, 0) is 4.79 Å². The molecule has 92 valence electrons. The number of carbonyl (C=O) groups is 1.